The minimum Gasteiger partial charge on any atom is -0.396 e. The van der Waals surface area contributed by atoms with Crippen LogP contribution in [0.5, 0.6) is 0 Å². The number of carbonyl (C=O) groups is 1. The maximum Gasteiger partial charge on any atom is 0.222 e. The van der Waals surface area contributed by atoms with E-state index in [-0.39, 0.29) is 23.7 Å². The number of fused-ring (bicyclic) bond motifs is 1. The number of rotatable bonds is 5. The molecule has 26 heavy (non-hydrogen) atoms. The van der Waals surface area contributed by atoms with E-state index >= 15 is 0 Å². The summed E-state index contributed by atoms with van der Waals surface area (Å²) in [6, 6.07) is 4.62. The zero-order valence-electron chi connectivity index (χ0n) is 15.5. The lowest BCUT2D eigenvalue weighted by Gasteiger charge is -2.43. The lowest BCUT2D eigenvalue weighted by Crippen LogP contribution is -2.52. The Labute approximate surface area is 159 Å². The van der Waals surface area contributed by atoms with Crippen LogP contribution in [0.1, 0.15) is 32.3 Å². The lowest BCUT2D eigenvalue weighted by molar-refractivity contribution is -0.137. The fraction of sp³-hybridized carbons (Fsp3) is 0.650. The van der Waals surface area contributed by atoms with Crippen molar-refractivity contribution < 1.29 is 14.3 Å². The zero-order valence-corrected chi connectivity index (χ0v) is 16.3. The molecule has 0 unspecified atom stereocenters. The molecule has 4 nitrogen and oxygen atoms in total. The van der Waals surface area contributed by atoms with Gasteiger partial charge in [-0.05, 0) is 36.5 Å². The molecule has 6 heteroatoms. The summed E-state index contributed by atoms with van der Waals surface area (Å²) in [4.78, 5) is 16.6. The van der Waals surface area contributed by atoms with Crippen molar-refractivity contribution in [3.05, 3.63) is 34.6 Å². The normalized spacial score (nSPS) is 26.4. The Morgan fingerprint density at radius 2 is 2.19 bits per heavy atom. The molecule has 144 valence electrons. The second-order valence-corrected chi connectivity index (χ2v) is 8.76. The number of carbonyl (C=O) groups excluding carboxylic acids is 1. The summed E-state index contributed by atoms with van der Waals surface area (Å²) in [5.74, 6) is 0.579. The predicted octanol–water partition coefficient (Wildman–Crippen LogP) is 3.17. The van der Waals surface area contributed by atoms with Crippen molar-refractivity contribution in [1.29, 1.82) is 0 Å². The fourth-order valence-electron chi connectivity index (χ4n) is 4.44. The molecule has 1 aromatic carbocycles. The molecule has 2 fully saturated rings. The topological polar surface area (TPSA) is 43.8 Å². The molecule has 0 radical (unpaired) electrons. The van der Waals surface area contributed by atoms with E-state index in [1.165, 1.54) is 6.07 Å². The average molecular weight is 383 g/mol. The van der Waals surface area contributed by atoms with Gasteiger partial charge in [-0.2, -0.15) is 0 Å². The van der Waals surface area contributed by atoms with E-state index in [1.807, 2.05) is 18.7 Å². The Morgan fingerprint density at radius 3 is 2.88 bits per heavy atom. The molecule has 2 atom stereocenters. The van der Waals surface area contributed by atoms with Crippen molar-refractivity contribution in [2.75, 3.05) is 32.8 Å². The first kappa shape index (κ1) is 19.6. The Balaban J connectivity index is 1.70. The number of halogens is 2. The van der Waals surface area contributed by atoms with Gasteiger partial charge in [0.25, 0.3) is 0 Å². The number of hydrogen-bond acceptors (Lipinski definition) is 3. The number of likely N-dealkylation sites (tertiary alicyclic amines) is 2. The van der Waals surface area contributed by atoms with Crippen LogP contribution >= 0.6 is 11.6 Å². The standard InChI is InChI=1S/C20H28ClFN2O2/c1-14(2)7-19(26)24-6-5-16-10-23(11-20(16,12-24)13-25)9-15-8-17(21)3-4-18(15)22/h3-4,8,14,16,25H,5-7,9-13H2,1-2H3/t16-,20-/m0/s1. The fourth-order valence-corrected chi connectivity index (χ4v) is 4.63. The molecule has 0 aromatic heterocycles. The van der Waals surface area contributed by atoms with Crippen molar-refractivity contribution in [1.82, 2.24) is 9.80 Å². The average Bonchev–Trinajstić information content (AvgIpc) is 2.95. The molecular formula is C20H28ClFN2O2. The van der Waals surface area contributed by atoms with Crippen molar-refractivity contribution in [2.45, 2.75) is 33.2 Å². The monoisotopic (exact) mass is 382 g/mol. The van der Waals surface area contributed by atoms with Crippen molar-refractivity contribution in [3.8, 4) is 0 Å². The molecule has 0 aliphatic carbocycles. The van der Waals surface area contributed by atoms with E-state index in [2.05, 4.69) is 4.90 Å². The summed E-state index contributed by atoms with van der Waals surface area (Å²) < 4.78 is 14.1. The van der Waals surface area contributed by atoms with Crippen LogP contribution in [0.25, 0.3) is 0 Å². The number of amides is 1. The molecular weight excluding hydrogens is 355 g/mol. The summed E-state index contributed by atoms with van der Waals surface area (Å²) in [6.45, 7) is 7.45. The maximum absolute atomic E-state index is 14.1. The van der Waals surface area contributed by atoms with Crippen LogP contribution < -0.4 is 0 Å². The third-order valence-electron chi connectivity index (χ3n) is 5.79. The first-order valence-electron chi connectivity index (χ1n) is 9.38. The van der Waals surface area contributed by atoms with Gasteiger partial charge in [0.05, 0.1) is 6.61 Å². The third-order valence-corrected chi connectivity index (χ3v) is 6.02. The summed E-state index contributed by atoms with van der Waals surface area (Å²) in [7, 11) is 0. The van der Waals surface area contributed by atoms with E-state index in [1.54, 1.807) is 12.1 Å². The van der Waals surface area contributed by atoms with Crippen LogP contribution in [0, 0.1) is 23.1 Å². The Hall–Kier alpha value is -1.17. The van der Waals surface area contributed by atoms with Gasteiger partial charge in [-0.3, -0.25) is 9.69 Å². The minimum atomic E-state index is -0.306. The SMILES string of the molecule is CC(C)CC(=O)N1CC[C@H]2CN(Cc3cc(Cl)ccc3F)C[C@@]2(CO)C1. The van der Waals surface area contributed by atoms with Crippen LogP contribution in [-0.2, 0) is 11.3 Å². The van der Waals surface area contributed by atoms with Gasteiger partial charge in [0.1, 0.15) is 5.82 Å². The van der Waals surface area contributed by atoms with Crippen molar-refractivity contribution >= 4 is 17.5 Å². The first-order chi connectivity index (χ1) is 12.3. The number of piperidine rings is 1. The molecule has 0 spiro atoms. The van der Waals surface area contributed by atoms with Gasteiger partial charge in [0.15, 0.2) is 0 Å². The van der Waals surface area contributed by atoms with Crippen LogP contribution in [-0.4, -0.2) is 53.6 Å². The number of hydrogen-bond donors (Lipinski definition) is 1. The third kappa shape index (κ3) is 4.05. The minimum absolute atomic E-state index is 0.0532. The Kier molecular flexibility index (Phi) is 5.90. The molecule has 0 bridgehead atoms. The lowest BCUT2D eigenvalue weighted by atomic mass is 9.74. The van der Waals surface area contributed by atoms with Crippen LogP contribution in [0.3, 0.4) is 0 Å². The summed E-state index contributed by atoms with van der Waals surface area (Å²) in [5, 5.41) is 10.7. The highest BCUT2D eigenvalue weighted by Crippen LogP contribution is 2.42. The van der Waals surface area contributed by atoms with E-state index in [4.69, 9.17) is 11.6 Å². The quantitative estimate of drug-likeness (QED) is 0.850. The van der Waals surface area contributed by atoms with Gasteiger partial charge >= 0.3 is 0 Å². The highest BCUT2D eigenvalue weighted by Gasteiger charge is 2.50. The van der Waals surface area contributed by atoms with Crippen molar-refractivity contribution in [3.63, 3.8) is 0 Å². The predicted molar refractivity (Wildman–Crippen MR) is 100 cm³/mol. The number of nitrogens with zero attached hydrogens (tertiary/aromatic N) is 2. The highest BCUT2D eigenvalue weighted by atomic mass is 35.5. The van der Waals surface area contributed by atoms with Crippen LogP contribution in [0.15, 0.2) is 18.2 Å². The zero-order chi connectivity index (χ0) is 18.9. The van der Waals surface area contributed by atoms with Crippen LogP contribution in [0.2, 0.25) is 5.02 Å². The van der Waals surface area contributed by atoms with Crippen molar-refractivity contribution in [2.24, 2.45) is 17.3 Å². The van der Waals surface area contributed by atoms with Gasteiger partial charge in [0, 0.05) is 55.1 Å². The summed E-state index contributed by atoms with van der Waals surface area (Å²) in [6.07, 6.45) is 1.43. The van der Waals surface area contributed by atoms with Gasteiger partial charge in [0.2, 0.25) is 5.91 Å². The van der Waals surface area contributed by atoms with Gasteiger partial charge < -0.3 is 10.0 Å². The molecule has 1 N–H and O–H groups in total. The number of aliphatic hydroxyl groups excluding tert-OH is 1. The number of aliphatic hydroxyl groups is 1. The van der Waals surface area contributed by atoms with Gasteiger partial charge in [-0.15, -0.1) is 0 Å². The highest BCUT2D eigenvalue weighted by molar-refractivity contribution is 6.30. The Morgan fingerprint density at radius 1 is 1.42 bits per heavy atom. The number of benzene rings is 1. The second kappa shape index (κ2) is 7.83. The largest absolute Gasteiger partial charge is 0.396 e. The second-order valence-electron chi connectivity index (χ2n) is 8.32. The Bertz CT molecular complexity index is 669. The van der Waals surface area contributed by atoms with Gasteiger partial charge in [-0.1, -0.05) is 25.4 Å². The van der Waals surface area contributed by atoms with E-state index in [9.17, 15) is 14.3 Å². The molecule has 0 saturated carbocycles. The molecule has 2 saturated heterocycles. The molecule has 1 amide bonds. The van der Waals surface area contributed by atoms with Crippen LogP contribution in [0.4, 0.5) is 4.39 Å². The van der Waals surface area contributed by atoms with E-state index < -0.39 is 0 Å². The molecule has 2 aliphatic rings. The molecule has 3 rings (SSSR count). The molecule has 2 aliphatic heterocycles. The summed E-state index contributed by atoms with van der Waals surface area (Å²) >= 11 is 6.00. The first-order valence-corrected chi connectivity index (χ1v) is 9.75. The van der Waals surface area contributed by atoms with Gasteiger partial charge in [-0.25, -0.2) is 4.39 Å². The maximum atomic E-state index is 14.1. The smallest absolute Gasteiger partial charge is 0.222 e. The summed E-state index contributed by atoms with van der Waals surface area (Å²) in [5.41, 5.74) is 0.275. The molecule has 1 aromatic rings. The molecule has 2 heterocycles. The van der Waals surface area contributed by atoms with E-state index in [0.717, 1.165) is 19.5 Å². The van der Waals surface area contributed by atoms with E-state index in [0.29, 0.717) is 48.5 Å².